The summed E-state index contributed by atoms with van der Waals surface area (Å²) in [5.41, 5.74) is 1.47. The summed E-state index contributed by atoms with van der Waals surface area (Å²) >= 11 is 6.17. The van der Waals surface area contributed by atoms with Gasteiger partial charge in [-0.25, -0.2) is 4.98 Å². The van der Waals surface area contributed by atoms with Crippen molar-refractivity contribution in [2.45, 2.75) is 58.3 Å². The standard InChI is InChI=1S/C25H31ClN8O4.CH2O2/c1-15(2)8-20-24(36)28-12-18-13-34(33-32-18)6-3-7-38-22-9-16(26)4-5-19(22)23(35)30-21(25(37)31-20)10-17-11-27-14-29-17;2-1-3/h4-5,9,11,13-15,20-21H,3,6-8,10,12H2,1-2H3,(H,27,29)(H,28,36)(H,30,35)(H,31,37);1H,(H,2,3)/t20-,21+;/m1./s1. The Morgan fingerprint density at radius 1 is 1.20 bits per heavy atom. The normalized spacial score (nSPS) is 18.3. The average Bonchev–Trinajstić information content (AvgIpc) is 3.61. The number of aromatic nitrogens is 5. The third kappa shape index (κ3) is 9.60. The van der Waals surface area contributed by atoms with E-state index < -0.39 is 23.9 Å². The lowest BCUT2D eigenvalue weighted by Gasteiger charge is -2.24. The molecule has 1 aromatic carbocycles. The predicted octanol–water partition coefficient (Wildman–Crippen LogP) is 1.33. The van der Waals surface area contributed by atoms with Crippen LogP contribution in [0.15, 0.2) is 36.9 Å². The number of amides is 3. The molecule has 0 spiro atoms. The highest BCUT2D eigenvalue weighted by Crippen LogP contribution is 2.24. The zero-order valence-electron chi connectivity index (χ0n) is 22.7. The molecule has 2 atom stereocenters. The van der Waals surface area contributed by atoms with Crippen LogP contribution in [0.1, 0.15) is 48.4 Å². The molecule has 0 saturated heterocycles. The highest BCUT2D eigenvalue weighted by atomic mass is 35.5. The maximum atomic E-state index is 13.5. The third-order valence-electron chi connectivity index (χ3n) is 5.95. The highest BCUT2D eigenvalue weighted by Gasteiger charge is 2.29. The molecule has 220 valence electrons. The lowest BCUT2D eigenvalue weighted by atomic mass is 10.0. The Morgan fingerprint density at radius 3 is 2.68 bits per heavy atom. The second-order valence-electron chi connectivity index (χ2n) is 9.64. The summed E-state index contributed by atoms with van der Waals surface area (Å²) in [4.78, 5) is 55.2. The number of aryl methyl sites for hydroxylation is 1. The van der Waals surface area contributed by atoms with Crippen LogP contribution in [-0.2, 0) is 33.9 Å². The number of aromatic amines is 1. The van der Waals surface area contributed by atoms with Crippen molar-refractivity contribution in [1.82, 2.24) is 40.9 Å². The van der Waals surface area contributed by atoms with Gasteiger partial charge in [-0.05, 0) is 30.5 Å². The van der Waals surface area contributed by atoms with Gasteiger partial charge in [-0.15, -0.1) is 5.10 Å². The number of nitrogens with one attached hydrogen (secondary N) is 4. The van der Waals surface area contributed by atoms with Crippen LogP contribution < -0.4 is 20.7 Å². The van der Waals surface area contributed by atoms with Crippen LogP contribution in [0.5, 0.6) is 5.75 Å². The first kappa shape index (κ1) is 31.1. The molecule has 1 aliphatic heterocycles. The number of carbonyl (C=O) groups is 4. The van der Waals surface area contributed by atoms with Crippen LogP contribution in [0.25, 0.3) is 0 Å². The zero-order chi connectivity index (χ0) is 29.8. The smallest absolute Gasteiger partial charge is 0.290 e. The Kier molecular flexibility index (Phi) is 11.6. The fourth-order valence-electron chi connectivity index (χ4n) is 4.08. The second kappa shape index (κ2) is 15.4. The minimum absolute atomic E-state index is 0.124. The molecule has 2 aromatic heterocycles. The van der Waals surface area contributed by atoms with Gasteiger partial charge < -0.3 is 30.8 Å². The molecule has 5 N–H and O–H groups in total. The van der Waals surface area contributed by atoms with E-state index in [1.807, 2.05) is 13.8 Å². The number of rotatable bonds is 4. The van der Waals surface area contributed by atoms with E-state index in [1.165, 1.54) is 6.33 Å². The molecule has 41 heavy (non-hydrogen) atoms. The fraction of sp³-hybridized carbons (Fsp3) is 0.423. The minimum Gasteiger partial charge on any atom is -0.493 e. The van der Waals surface area contributed by atoms with Gasteiger partial charge in [-0.2, -0.15) is 0 Å². The number of imidazole rings is 1. The molecule has 0 radical (unpaired) electrons. The molecular formula is C26H33ClN8O6. The van der Waals surface area contributed by atoms with Crippen LogP contribution in [0, 0.1) is 5.92 Å². The summed E-state index contributed by atoms with van der Waals surface area (Å²) in [5, 5.41) is 24.0. The van der Waals surface area contributed by atoms with Gasteiger partial charge in [0.1, 0.15) is 23.5 Å². The molecule has 0 aliphatic carbocycles. The largest absolute Gasteiger partial charge is 0.493 e. The van der Waals surface area contributed by atoms with Crippen LogP contribution in [0.4, 0.5) is 0 Å². The first-order chi connectivity index (χ1) is 19.7. The summed E-state index contributed by atoms with van der Waals surface area (Å²) in [6.45, 7) is 4.66. The summed E-state index contributed by atoms with van der Waals surface area (Å²) in [6.07, 6.45) is 5.95. The number of carbonyl (C=O) groups excluding carboxylic acids is 3. The lowest BCUT2D eigenvalue weighted by Crippen LogP contribution is -2.54. The number of halogens is 1. The number of ether oxygens (including phenoxy) is 1. The van der Waals surface area contributed by atoms with Crippen molar-refractivity contribution in [1.29, 1.82) is 0 Å². The van der Waals surface area contributed by atoms with Crippen LogP contribution in [0.3, 0.4) is 0 Å². The number of H-pyrrole nitrogens is 1. The Labute approximate surface area is 241 Å². The molecule has 3 amide bonds. The Hall–Kier alpha value is -4.46. The van der Waals surface area contributed by atoms with Crippen molar-refractivity contribution in [2.75, 3.05) is 6.61 Å². The summed E-state index contributed by atoms with van der Waals surface area (Å²) < 4.78 is 7.55. The first-order valence-electron chi connectivity index (χ1n) is 13.0. The molecule has 2 bridgehead atoms. The molecule has 3 aromatic rings. The number of carboxylic acid groups (broad SMARTS) is 1. The fourth-order valence-corrected chi connectivity index (χ4v) is 4.24. The van der Waals surface area contributed by atoms with E-state index in [0.29, 0.717) is 48.2 Å². The summed E-state index contributed by atoms with van der Waals surface area (Å²) in [7, 11) is 0. The van der Waals surface area contributed by atoms with Crippen LogP contribution >= 0.6 is 11.6 Å². The lowest BCUT2D eigenvalue weighted by molar-refractivity contribution is -0.130. The number of fused-ring (bicyclic) bond motifs is 3. The molecule has 1 aliphatic rings. The van der Waals surface area contributed by atoms with Gasteiger partial charge in [0.2, 0.25) is 11.8 Å². The maximum Gasteiger partial charge on any atom is 0.290 e. The molecule has 0 fully saturated rings. The van der Waals surface area contributed by atoms with E-state index in [2.05, 4.69) is 36.2 Å². The molecule has 15 heteroatoms. The van der Waals surface area contributed by atoms with Crippen molar-refractivity contribution in [3.63, 3.8) is 0 Å². The van der Waals surface area contributed by atoms with Crippen molar-refractivity contribution in [3.05, 3.63) is 58.9 Å². The van der Waals surface area contributed by atoms with Gasteiger partial charge in [0.05, 0.1) is 31.2 Å². The third-order valence-corrected chi connectivity index (χ3v) is 6.18. The van der Waals surface area contributed by atoms with E-state index in [4.69, 9.17) is 26.2 Å². The zero-order valence-corrected chi connectivity index (χ0v) is 23.4. The first-order valence-corrected chi connectivity index (χ1v) is 13.3. The molecule has 4 rings (SSSR count). The van der Waals surface area contributed by atoms with Crippen molar-refractivity contribution < 1.29 is 29.0 Å². The average molecular weight is 589 g/mol. The van der Waals surface area contributed by atoms with Crippen LogP contribution in [-0.4, -0.2) is 73.0 Å². The number of nitrogens with zero attached hydrogens (tertiary/aromatic N) is 4. The number of benzene rings is 1. The monoisotopic (exact) mass is 588 g/mol. The van der Waals surface area contributed by atoms with E-state index >= 15 is 0 Å². The molecular weight excluding hydrogens is 556 g/mol. The SMILES string of the molecule is CC(C)C[C@H]1NC(=O)[C@H](Cc2cnc[nH]2)NC(=O)c2ccc(Cl)cc2OCCCn2cc(nn2)CNC1=O.O=CO. The number of hydrogen-bond donors (Lipinski definition) is 5. The maximum absolute atomic E-state index is 13.5. The van der Waals surface area contributed by atoms with Crippen molar-refractivity contribution in [3.8, 4) is 5.75 Å². The number of hydrogen-bond acceptors (Lipinski definition) is 8. The van der Waals surface area contributed by atoms with E-state index in [0.717, 1.165) is 0 Å². The summed E-state index contributed by atoms with van der Waals surface area (Å²) in [6, 6.07) is 2.89. The van der Waals surface area contributed by atoms with Gasteiger partial charge in [0.15, 0.2) is 0 Å². The minimum atomic E-state index is -0.993. The van der Waals surface area contributed by atoms with Crippen LogP contribution in [0.2, 0.25) is 5.02 Å². The highest BCUT2D eigenvalue weighted by molar-refractivity contribution is 6.30. The van der Waals surface area contributed by atoms with Gasteiger partial charge in [-0.1, -0.05) is 30.7 Å². The van der Waals surface area contributed by atoms with Gasteiger partial charge in [0.25, 0.3) is 12.4 Å². The van der Waals surface area contributed by atoms with E-state index in [-0.39, 0.29) is 36.8 Å². The molecule has 0 saturated carbocycles. The Balaban J connectivity index is 0.00000147. The Morgan fingerprint density at radius 2 is 1.98 bits per heavy atom. The predicted molar refractivity (Wildman–Crippen MR) is 147 cm³/mol. The molecule has 14 nitrogen and oxygen atoms in total. The van der Waals surface area contributed by atoms with Crippen molar-refractivity contribution in [2.24, 2.45) is 5.92 Å². The topological polar surface area (TPSA) is 193 Å². The Bertz CT molecular complexity index is 1310. The second-order valence-corrected chi connectivity index (χ2v) is 10.1. The van der Waals surface area contributed by atoms with Gasteiger partial charge in [-0.3, -0.25) is 23.9 Å². The van der Waals surface area contributed by atoms with Gasteiger partial charge >= 0.3 is 0 Å². The van der Waals surface area contributed by atoms with E-state index in [9.17, 15) is 14.4 Å². The van der Waals surface area contributed by atoms with Crippen molar-refractivity contribution >= 4 is 35.8 Å². The molecule has 3 heterocycles. The van der Waals surface area contributed by atoms with Gasteiger partial charge in [0, 0.05) is 36.3 Å². The quantitative estimate of drug-likeness (QED) is 0.279. The summed E-state index contributed by atoms with van der Waals surface area (Å²) in [5.74, 6) is -0.935. The molecule has 0 unspecified atom stereocenters. The van der Waals surface area contributed by atoms with E-state index in [1.54, 1.807) is 35.3 Å².